The van der Waals surface area contributed by atoms with Crippen LogP contribution in [-0.2, 0) is 33.8 Å². The van der Waals surface area contributed by atoms with E-state index < -0.39 is 80.2 Å². The molecule has 0 aromatic heterocycles. The number of urea groups is 1. The molecular formula is C39H67N5O8S. The maximum Gasteiger partial charge on any atom is 0.315 e. The zero-order valence-electron chi connectivity index (χ0n) is 33.5. The van der Waals surface area contributed by atoms with Crippen molar-refractivity contribution >= 4 is 39.4 Å². The van der Waals surface area contributed by atoms with Crippen LogP contribution in [0.15, 0.2) is 25.3 Å². The van der Waals surface area contributed by atoms with Gasteiger partial charge in [-0.3, -0.25) is 19.2 Å². The Morgan fingerprint density at radius 1 is 0.925 bits per heavy atom. The molecule has 2 rings (SSSR count). The average molecular weight is 766 g/mol. The number of allylic oxidation sites excluding steroid dienone is 1. The highest BCUT2D eigenvalue weighted by atomic mass is 32.2. The minimum atomic E-state index is -3.47. The number of carbonyl (C=O) groups is 5. The SMILES string of the molecule is C=CCCNC(=O)C(=O)C(CCC=C)NC(=O)[C@@H]1CC(OC(C)(C)C)CN1C(=O)[C@@H](NC(=O)NC1(CS(=O)(=O)CCC(C)C)CCCCC1)C(C)(C)C. The number of likely N-dealkylation sites (tertiary alicyclic amines) is 1. The van der Waals surface area contributed by atoms with E-state index in [-0.39, 0.29) is 43.4 Å². The predicted molar refractivity (Wildman–Crippen MR) is 208 cm³/mol. The summed E-state index contributed by atoms with van der Waals surface area (Å²) in [4.78, 5) is 69.6. The Kier molecular flexibility index (Phi) is 17.2. The van der Waals surface area contributed by atoms with E-state index in [2.05, 4.69) is 34.4 Å². The number of Topliss-reactive ketones (excluding diaryl/α,β-unsaturated/α-hetero) is 1. The fourth-order valence-corrected chi connectivity index (χ4v) is 9.07. The van der Waals surface area contributed by atoms with Gasteiger partial charge in [0.25, 0.3) is 5.91 Å². The summed E-state index contributed by atoms with van der Waals surface area (Å²) in [5, 5.41) is 11.1. The molecule has 0 aromatic carbocycles. The lowest BCUT2D eigenvalue weighted by Gasteiger charge is -2.40. The van der Waals surface area contributed by atoms with Gasteiger partial charge in [-0.2, -0.15) is 0 Å². The third-order valence-corrected chi connectivity index (χ3v) is 11.4. The molecule has 302 valence electrons. The summed E-state index contributed by atoms with van der Waals surface area (Å²) in [6.07, 6.45) is 7.78. The van der Waals surface area contributed by atoms with Crippen LogP contribution < -0.4 is 21.3 Å². The largest absolute Gasteiger partial charge is 0.371 e. The van der Waals surface area contributed by atoms with Crippen molar-refractivity contribution in [3.63, 3.8) is 0 Å². The van der Waals surface area contributed by atoms with Crippen LogP contribution in [-0.4, -0.2) is 103 Å². The standard InChI is InChI=1S/C39H67N5O8S/c1-11-13-18-29(31(45)34(47)40-22-14-12-2)41-33(46)30-24-28(52-38(8,9)10)25-44(30)35(48)32(37(5,6)7)42-36(49)43-39(20-16-15-17-21-39)26-53(50,51)23-19-27(3)4/h11-12,27-30,32H,1-2,13-26H2,3-10H3,(H,40,47)(H,41,46)(H2,42,43,49)/t28?,29?,30-,32+/m0/s1. The van der Waals surface area contributed by atoms with E-state index in [4.69, 9.17) is 4.74 Å². The van der Waals surface area contributed by atoms with E-state index >= 15 is 0 Å². The number of amides is 5. The van der Waals surface area contributed by atoms with Crippen LogP contribution in [0.5, 0.6) is 0 Å². The number of hydrogen-bond donors (Lipinski definition) is 4. The molecule has 53 heavy (non-hydrogen) atoms. The lowest BCUT2D eigenvalue weighted by atomic mass is 9.83. The van der Waals surface area contributed by atoms with Gasteiger partial charge in [0, 0.05) is 19.5 Å². The lowest BCUT2D eigenvalue weighted by Crippen LogP contribution is -2.63. The molecule has 4 N–H and O–H groups in total. The monoisotopic (exact) mass is 765 g/mol. The summed E-state index contributed by atoms with van der Waals surface area (Å²) >= 11 is 0. The molecule has 14 heteroatoms. The third-order valence-electron chi connectivity index (χ3n) is 9.60. The summed E-state index contributed by atoms with van der Waals surface area (Å²) < 4.78 is 32.7. The van der Waals surface area contributed by atoms with E-state index in [0.717, 1.165) is 19.3 Å². The molecule has 1 aliphatic heterocycles. The van der Waals surface area contributed by atoms with Gasteiger partial charge in [-0.1, -0.05) is 66.0 Å². The molecule has 1 saturated carbocycles. The molecule has 2 unspecified atom stereocenters. The Labute approximate surface area is 318 Å². The highest BCUT2D eigenvalue weighted by Crippen LogP contribution is 2.32. The summed E-state index contributed by atoms with van der Waals surface area (Å²) in [6.45, 7) is 22.5. The van der Waals surface area contributed by atoms with Crippen molar-refractivity contribution in [1.29, 1.82) is 0 Å². The first-order valence-corrected chi connectivity index (χ1v) is 21.0. The van der Waals surface area contributed by atoms with E-state index in [9.17, 15) is 32.4 Å². The van der Waals surface area contributed by atoms with Crippen molar-refractivity contribution in [3.05, 3.63) is 25.3 Å². The molecule has 0 bridgehead atoms. The van der Waals surface area contributed by atoms with Crippen molar-refractivity contribution in [2.24, 2.45) is 11.3 Å². The molecule has 1 saturated heterocycles. The number of sulfone groups is 1. The average Bonchev–Trinajstić information content (AvgIpc) is 3.46. The van der Waals surface area contributed by atoms with Gasteiger partial charge in [0.2, 0.25) is 17.6 Å². The minimum absolute atomic E-state index is 0.0368. The summed E-state index contributed by atoms with van der Waals surface area (Å²) in [5.74, 6) is -2.70. The minimum Gasteiger partial charge on any atom is -0.371 e. The molecule has 1 aliphatic carbocycles. The van der Waals surface area contributed by atoms with Gasteiger partial charge in [0.1, 0.15) is 12.1 Å². The molecule has 2 fully saturated rings. The number of rotatable bonds is 19. The number of ketones is 1. The number of ether oxygens (including phenoxy) is 1. The summed E-state index contributed by atoms with van der Waals surface area (Å²) in [6, 6.07) is -3.99. The smallest absolute Gasteiger partial charge is 0.315 e. The van der Waals surface area contributed by atoms with E-state index in [1.165, 1.54) is 4.90 Å². The maximum atomic E-state index is 14.5. The van der Waals surface area contributed by atoms with Gasteiger partial charge in [0.05, 0.1) is 34.8 Å². The molecule has 0 radical (unpaired) electrons. The van der Waals surface area contributed by atoms with E-state index in [1.807, 2.05) is 34.6 Å². The van der Waals surface area contributed by atoms with Gasteiger partial charge in [-0.25, -0.2) is 13.2 Å². The lowest BCUT2D eigenvalue weighted by molar-refractivity contribution is -0.144. The van der Waals surface area contributed by atoms with Crippen LogP contribution in [0.4, 0.5) is 4.79 Å². The molecule has 0 aromatic rings. The Morgan fingerprint density at radius 3 is 2.09 bits per heavy atom. The van der Waals surface area contributed by atoms with Crippen molar-refractivity contribution in [2.45, 2.75) is 155 Å². The summed E-state index contributed by atoms with van der Waals surface area (Å²) in [5.41, 5.74) is -2.38. The van der Waals surface area contributed by atoms with Crippen molar-refractivity contribution < 1.29 is 37.1 Å². The Balaban J connectivity index is 2.39. The van der Waals surface area contributed by atoms with Crippen LogP contribution in [0.2, 0.25) is 0 Å². The second-order valence-electron chi connectivity index (χ2n) is 17.2. The first-order chi connectivity index (χ1) is 24.5. The van der Waals surface area contributed by atoms with Crippen LogP contribution in [0.3, 0.4) is 0 Å². The first-order valence-electron chi connectivity index (χ1n) is 19.1. The third kappa shape index (κ3) is 15.2. The Morgan fingerprint density at radius 2 is 1.55 bits per heavy atom. The van der Waals surface area contributed by atoms with Gasteiger partial charge in [-0.05, 0) is 70.6 Å². The van der Waals surface area contributed by atoms with Crippen molar-refractivity contribution in [1.82, 2.24) is 26.2 Å². The molecule has 2 aliphatic rings. The van der Waals surface area contributed by atoms with Gasteiger partial charge in [0.15, 0.2) is 9.84 Å². The molecule has 1 heterocycles. The second kappa shape index (κ2) is 19.9. The predicted octanol–water partition coefficient (Wildman–Crippen LogP) is 4.36. The first kappa shape index (κ1) is 45.9. The fourth-order valence-electron chi connectivity index (χ4n) is 6.89. The van der Waals surface area contributed by atoms with Gasteiger partial charge >= 0.3 is 6.03 Å². The van der Waals surface area contributed by atoms with Crippen LogP contribution in [0.1, 0.15) is 120 Å². The molecule has 5 amide bonds. The molecular weight excluding hydrogens is 699 g/mol. The highest BCUT2D eigenvalue weighted by Gasteiger charge is 2.47. The number of nitrogens with one attached hydrogen (secondary N) is 4. The highest BCUT2D eigenvalue weighted by molar-refractivity contribution is 7.91. The van der Waals surface area contributed by atoms with Crippen LogP contribution >= 0.6 is 0 Å². The number of nitrogens with zero attached hydrogens (tertiary/aromatic N) is 1. The van der Waals surface area contributed by atoms with Crippen LogP contribution in [0, 0.1) is 11.3 Å². The normalized spacial score (nSPS) is 20.2. The zero-order valence-corrected chi connectivity index (χ0v) is 34.3. The topological polar surface area (TPSA) is 180 Å². The zero-order chi connectivity index (χ0) is 40.2. The van der Waals surface area contributed by atoms with Crippen molar-refractivity contribution in [3.8, 4) is 0 Å². The van der Waals surface area contributed by atoms with Crippen LogP contribution in [0.25, 0.3) is 0 Å². The summed E-state index contributed by atoms with van der Waals surface area (Å²) in [7, 11) is -3.47. The van der Waals surface area contributed by atoms with Gasteiger partial charge < -0.3 is 30.9 Å². The van der Waals surface area contributed by atoms with Crippen molar-refractivity contribution in [2.75, 3.05) is 24.6 Å². The fraction of sp³-hybridized carbons (Fsp3) is 0.769. The quantitative estimate of drug-likeness (QED) is 0.0851. The molecule has 13 nitrogen and oxygen atoms in total. The van der Waals surface area contributed by atoms with E-state index in [1.54, 1.807) is 32.9 Å². The number of carbonyl (C=O) groups excluding carboxylic acids is 5. The second-order valence-corrected chi connectivity index (χ2v) is 19.4. The van der Waals surface area contributed by atoms with E-state index in [0.29, 0.717) is 32.1 Å². The molecule has 0 spiro atoms. The maximum absolute atomic E-state index is 14.5. The Hall–Kier alpha value is -3.26. The Bertz CT molecular complexity index is 1410. The number of hydrogen-bond acceptors (Lipinski definition) is 8. The van der Waals surface area contributed by atoms with Gasteiger partial charge in [-0.15, -0.1) is 13.2 Å². The molecule has 4 atom stereocenters.